The topological polar surface area (TPSA) is 41.3 Å². The van der Waals surface area contributed by atoms with Gasteiger partial charge in [-0.3, -0.25) is 0 Å². The molecule has 1 aliphatic rings. The number of nitrogens with two attached hydrogens (primary N) is 1. The van der Waals surface area contributed by atoms with Crippen molar-refractivity contribution in [2.45, 2.75) is 39.7 Å². The molecule has 0 aromatic rings. The fourth-order valence-electron chi connectivity index (χ4n) is 1.96. The average molecular weight is 223 g/mol. The summed E-state index contributed by atoms with van der Waals surface area (Å²) in [4.78, 5) is 0. The lowest BCUT2D eigenvalue weighted by molar-refractivity contribution is 0.228. The second-order valence-corrected chi connectivity index (χ2v) is 4.71. The van der Waals surface area contributed by atoms with Crippen LogP contribution in [0.3, 0.4) is 0 Å². The molecule has 3 heteroatoms. The highest BCUT2D eigenvalue weighted by atomic mass is 15.4. The van der Waals surface area contributed by atoms with Crippen LogP contribution in [0.4, 0.5) is 0 Å². The standard InChI is InChI=1S/C13H25N3/c1-4-5-12(11(2)3)10-16(14)13-6-8-15-9-7-13/h4-5,10-11,13,15H,6-9,14H2,1-3H3/b5-4-,12-10+. The van der Waals surface area contributed by atoms with E-state index in [9.17, 15) is 0 Å². The van der Waals surface area contributed by atoms with E-state index in [4.69, 9.17) is 5.84 Å². The van der Waals surface area contributed by atoms with Gasteiger partial charge >= 0.3 is 0 Å². The molecule has 1 saturated heterocycles. The van der Waals surface area contributed by atoms with Gasteiger partial charge in [0.25, 0.3) is 0 Å². The number of nitrogens with one attached hydrogen (secondary N) is 1. The zero-order valence-corrected chi connectivity index (χ0v) is 10.7. The Morgan fingerprint density at radius 1 is 1.38 bits per heavy atom. The molecule has 1 heterocycles. The van der Waals surface area contributed by atoms with Crippen molar-refractivity contribution in [2.75, 3.05) is 13.1 Å². The van der Waals surface area contributed by atoms with Crippen LogP contribution in [0.1, 0.15) is 33.6 Å². The highest BCUT2D eigenvalue weighted by molar-refractivity contribution is 5.19. The van der Waals surface area contributed by atoms with Crippen LogP contribution < -0.4 is 11.2 Å². The Morgan fingerprint density at radius 3 is 2.50 bits per heavy atom. The Kier molecular flexibility index (Phi) is 5.56. The Balaban J connectivity index is 2.63. The molecule has 0 saturated carbocycles. The fraction of sp³-hybridized carbons (Fsp3) is 0.692. The van der Waals surface area contributed by atoms with Crippen LogP contribution in [0, 0.1) is 5.92 Å². The number of piperidine rings is 1. The Hall–Kier alpha value is -0.800. The smallest absolute Gasteiger partial charge is 0.0470 e. The summed E-state index contributed by atoms with van der Waals surface area (Å²) in [5, 5.41) is 5.25. The van der Waals surface area contributed by atoms with E-state index in [1.54, 1.807) is 0 Å². The van der Waals surface area contributed by atoms with Gasteiger partial charge < -0.3 is 10.3 Å². The first-order chi connectivity index (χ1) is 7.65. The van der Waals surface area contributed by atoms with E-state index in [0.717, 1.165) is 25.9 Å². The summed E-state index contributed by atoms with van der Waals surface area (Å²) in [6, 6.07) is 0.486. The molecule has 0 aromatic heterocycles. The van der Waals surface area contributed by atoms with Crippen molar-refractivity contribution in [3.8, 4) is 0 Å². The lowest BCUT2D eigenvalue weighted by atomic mass is 10.0. The monoisotopic (exact) mass is 223 g/mol. The van der Waals surface area contributed by atoms with Crippen LogP contribution in [-0.2, 0) is 0 Å². The van der Waals surface area contributed by atoms with Gasteiger partial charge in [-0.15, -0.1) is 0 Å². The van der Waals surface area contributed by atoms with Crippen molar-refractivity contribution in [3.05, 3.63) is 23.9 Å². The molecule has 0 radical (unpaired) electrons. The third-order valence-corrected chi connectivity index (χ3v) is 3.05. The van der Waals surface area contributed by atoms with Gasteiger partial charge in [-0.25, -0.2) is 5.84 Å². The first-order valence-electron chi connectivity index (χ1n) is 6.23. The summed E-state index contributed by atoms with van der Waals surface area (Å²) in [6.45, 7) is 8.59. The van der Waals surface area contributed by atoms with Gasteiger partial charge in [0.1, 0.15) is 0 Å². The zero-order valence-electron chi connectivity index (χ0n) is 10.7. The fourth-order valence-corrected chi connectivity index (χ4v) is 1.96. The largest absolute Gasteiger partial charge is 0.317 e. The first kappa shape index (κ1) is 13.3. The summed E-state index contributed by atoms with van der Waals surface area (Å²) in [6.07, 6.45) is 8.58. The molecular formula is C13H25N3. The molecule has 0 spiro atoms. The maximum absolute atomic E-state index is 6.11. The number of nitrogens with zero attached hydrogens (tertiary/aromatic N) is 1. The maximum atomic E-state index is 6.11. The number of hydrogen-bond donors (Lipinski definition) is 2. The predicted octanol–water partition coefficient (Wildman–Crippen LogP) is 2.03. The normalized spacial score (nSPS) is 19.7. The molecule has 92 valence electrons. The number of allylic oxidation sites excluding steroid dienone is 3. The van der Waals surface area contributed by atoms with Crippen LogP contribution in [0.15, 0.2) is 23.9 Å². The summed E-state index contributed by atoms with van der Waals surface area (Å²) < 4.78 is 0. The lowest BCUT2D eigenvalue weighted by Gasteiger charge is -2.31. The molecule has 16 heavy (non-hydrogen) atoms. The van der Waals surface area contributed by atoms with Crippen molar-refractivity contribution in [2.24, 2.45) is 11.8 Å². The van der Waals surface area contributed by atoms with Gasteiger partial charge in [-0.1, -0.05) is 26.0 Å². The lowest BCUT2D eigenvalue weighted by Crippen LogP contribution is -2.44. The second kappa shape index (κ2) is 6.71. The van der Waals surface area contributed by atoms with Crippen molar-refractivity contribution < 1.29 is 0 Å². The molecule has 1 rings (SSSR count). The molecule has 1 fully saturated rings. The van der Waals surface area contributed by atoms with Gasteiger partial charge in [-0.05, 0) is 44.3 Å². The molecular weight excluding hydrogens is 198 g/mol. The van der Waals surface area contributed by atoms with E-state index in [0.29, 0.717) is 12.0 Å². The summed E-state index contributed by atoms with van der Waals surface area (Å²) in [5.74, 6) is 6.63. The van der Waals surface area contributed by atoms with Crippen LogP contribution in [-0.4, -0.2) is 24.1 Å². The number of hydrogen-bond acceptors (Lipinski definition) is 3. The number of rotatable bonds is 4. The van der Waals surface area contributed by atoms with Crippen molar-refractivity contribution >= 4 is 0 Å². The highest BCUT2D eigenvalue weighted by Gasteiger charge is 2.16. The molecule has 1 aliphatic heterocycles. The van der Waals surface area contributed by atoms with E-state index < -0.39 is 0 Å². The second-order valence-electron chi connectivity index (χ2n) is 4.71. The first-order valence-corrected chi connectivity index (χ1v) is 6.23. The van der Waals surface area contributed by atoms with Gasteiger partial charge in [-0.2, -0.15) is 0 Å². The van der Waals surface area contributed by atoms with E-state index >= 15 is 0 Å². The van der Waals surface area contributed by atoms with Crippen molar-refractivity contribution in [3.63, 3.8) is 0 Å². The van der Waals surface area contributed by atoms with Crippen molar-refractivity contribution in [1.29, 1.82) is 0 Å². The molecule has 0 aliphatic carbocycles. The SMILES string of the molecule is C/C=C\C(=C/N(N)C1CCNCC1)C(C)C. The molecule has 3 N–H and O–H groups in total. The molecule has 0 aromatic carbocycles. The van der Waals surface area contributed by atoms with Gasteiger partial charge in [0.05, 0.1) is 0 Å². The average Bonchev–Trinajstić information content (AvgIpc) is 2.29. The van der Waals surface area contributed by atoms with E-state index in [2.05, 4.69) is 37.5 Å². The molecule has 0 atom stereocenters. The third-order valence-electron chi connectivity index (χ3n) is 3.05. The minimum absolute atomic E-state index is 0.486. The van der Waals surface area contributed by atoms with Crippen LogP contribution in [0.25, 0.3) is 0 Å². The predicted molar refractivity (Wildman–Crippen MR) is 69.7 cm³/mol. The van der Waals surface area contributed by atoms with Crippen LogP contribution in [0.2, 0.25) is 0 Å². The Labute approximate surface area is 99.4 Å². The van der Waals surface area contributed by atoms with Crippen LogP contribution >= 0.6 is 0 Å². The molecule has 0 amide bonds. The zero-order chi connectivity index (χ0) is 12.0. The minimum Gasteiger partial charge on any atom is -0.317 e. The highest BCUT2D eigenvalue weighted by Crippen LogP contribution is 2.15. The maximum Gasteiger partial charge on any atom is 0.0470 e. The van der Waals surface area contributed by atoms with E-state index in [1.165, 1.54) is 5.57 Å². The summed E-state index contributed by atoms with van der Waals surface area (Å²) >= 11 is 0. The summed E-state index contributed by atoms with van der Waals surface area (Å²) in [7, 11) is 0. The minimum atomic E-state index is 0.486. The molecule has 3 nitrogen and oxygen atoms in total. The summed E-state index contributed by atoms with van der Waals surface area (Å²) in [5.41, 5.74) is 1.29. The van der Waals surface area contributed by atoms with Crippen molar-refractivity contribution in [1.82, 2.24) is 10.3 Å². The van der Waals surface area contributed by atoms with Gasteiger partial charge in [0, 0.05) is 12.2 Å². The van der Waals surface area contributed by atoms with E-state index in [1.807, 2.05) is 11.9 Å². The van der Waals surface area contributed by atoms with Crippen LogP contribution in [0.5, 0.6) is 0 Å². The Morgan fingerprint density at radius 2 is 2.00 bits per heavy atom. The van der Waals surface area contributed by atoms with Gasteiger partial charge in [0.2, 0.25) is 0 Å². The van der Waals surface area contributed by atoms with Gasteiger partial charge in [0.15, 0.2) is 0 Å². The number of hydrazine groups is 1. The molecule has 0 bridgehead atoms. The Bertz CT molecular complexity index is 250. The van der Waals surface area contributed by atoms with E-state index in [-0.39, 0.29) is 0 Å². The quantitative estimate of drug-likeness (QED) is 0.435. The molecule has 0 unspecified atom stereocenters. The third kappa shape index (κ3) is 3.99.